The third-order valence-electron chi connectivity index (χ3n) is 4.18. The third-order valence-corrected chi connectivity index (χ3v) is 4.91. The van der Waals surface area contributed by atoms with E-state index in [1.54, 1.807) is 11.3 Å². The van der Waals surface area contributed by atoms with Gasteiger partial charge in [0, 0.05) is 19.1 Å². The molecule has 1 saturated heterocycles. The van der Waals surface area contributed by atoms with Crippen molar-refractivity contribution in [1.82, 2.24) is 15.5 Å². The molecule has 1 aromatic heterocycles. The SMILES string of the molecule is CC1CCCN(CCCNC(=O)NC(C)Cc2ccsc2)C1. The molecule has 2 atom stereocenters. The second-order valence-electron chi connectivity index (χ2n) is 6.54. The van der Waals surface area contributed by atoms with Crippen molar-refractivity contribution in [3.05, 3.63) is 22.4 Å². The molecule has 2 N–H and O–H groups in total. The molecule has 0 aromatic carbocycles. The number of nitrogens with zero attached hydrogens (tertiary/aromatic N) is 1. The van der Waals surface area contributed by atoms with Gasteiger partial charge >= 0.3 is 6.03 Å². The molecule has 0 bridgehead atoms. The van der Waals surface area contributed by atoms with Crippen LogP contribution in [0.2, 0.25) is 0 Å². The van der Waals surface area contributed by atoms with Gasteiger partial charge < -0.3 is 15.5 Å². The fourth-order valence-corrected chi connectivity index (χ4v) is 3.76. The predicted molar refractivity (Wildman–Crippen MR) is 93.5 cm³/mol. The Bertz CT molecular complexity index is 435. The number of rotatable bonds is 7. The molecule has 1 aromatic rings. The first kappa shape index (κ1) is 17.3. The highest BCUT2D eigenvalue weighted by Gasteiger charge is 2.15. The highest BCUT2D eigenvalue weighted by atomic mass is 32.1. The van der Waals surface area contributed by atoms with E-state index >= 15 is 0 Å². The Kier molecular flexibility index (Phi) is 7.19. The topological polar surface area (TPSA) is 44.4 Å². The molecule has 2 amide bonds. The predicted octanol–water partition coefficient (Wildman–Crippen LogP) is 3.10. The Morgan fingerprint density at radius 1 is 1.55 bits per heavy atom. The molecule has 2 heterocycles. The van der Waals surface area contributed by atoms with Crippen molar-refractivity contribution in [2.45, 2.75) is 45.6 Å². The summed E-state index contributed by atoms with van der Waals surface area (Å²) in [5.41, 5.74) is 1.29. The van der Waals surface area contributed by atoms with E-state index in [-0.39, 0.29) is 12.1 Å². The van der Waals surface area contributed by atoms with Crippen LogP contribution in [0.15, 0.2) is 16.8 Å². The molecule has 2 unspecified atom stereocenters. The minimum Gasteiger partial charge on any atom is -0.338 e. The van der Waals surface area contributed by atoms with E-state index < -0.39 is 0 Å². The zero-order valence-corrected chi connectivity index (χ0v) is 14.6. The number of carbonyl (C=O) groups is 1. The van der Waals surface area contributed by atoms with Crippen LogP contribution in [0.25, 0.3) is 0 Å². The average Bonchev–Trinajstić information content (AvgIpc) is 2.96. The van der Waals surface area contributed by atoms with Gasteiger partial charge in [0.25, 0.3) is 0 Å². The number of carbonyl (C=O) groups excluding carboxylic acids is 1. The van der Waals surface area contributed by atoms with Gasteiger partial charge in [-0.05, 0) is 74.0 Å². The minimum absolute atomic E-state index is 0.0465. The number of piperidine rings is 1. The number of hydrogen-bond acceptors (Lipinski definition) is 3. The smallest absolute Gasteiger partial charge is 0.315 e. The third kappa shape index (κ3) is 6.36. The Morgan fingerprint density at radius 3 is 3.14 bits per heavy atom. The van der Waals surface area contributed by atoms with Gasteiger partial charge in [0.05, 0.1) is 0 Å². The van der Waals surface area contributed by atoms with Crippen LogP contribution in [0.4, 0.5) is 4.79 Å². The van der Waals surface area contributed by atoms with Crippen LogP contribution < -0.4 is 10.6 Å². The maximum atomic E-state index is 11.9. The van der Waals surface area contributed by atoms with Gasteiger partial charge in [-0.3, -0.25) is 0 Å². The van der Waals surface area contributed by atoms with Crippen LogP contribution >= 0.6 is 11.3 Å². The van der Waals surface area contributed by atoms with Crippen LogP contribution in [0.3, 0.4) is 0 Å². The Labute approximate surface area is 138 Å². The first-order valence-corrected chi connectivity index (χ1v) is 9.35. The molecular formula is C17H29N3OS. The highest BCUT2D eigenvalue weighted by Crippen LogP contribution is 2.15. The maximum Gasteiger partial charge on any atom is 0.315 e. The molecule has 1 fully saturated rings. The second kappa shape index (κ2) is 9.16. The van der Waals surface area contributed by atoms with Crippen LogP contribution in [-0.2, 0) is 6.42 Å². The molecule has 4 nitrogen and oxygen atoms in total. The van der Waals surface area contributed by atoms with Gasteiger partial charge in [-0.15, -0.1) is 0 Å². The van der Waals surface area contributed by atoms with Crippen LogP contribution in [-0.4, -0.2) is 43.2 Å². The summed E-state index contributed by atoms with van der Waals surface area (Å²) in [6.45, 7) is 8.65. The average molecular weight is 324 g/mol. The Balaban J connectivity index is 1.53. The van der Waals surface area contributed by atoms with E-state index in [9.17, 15) is 4.79 Å². The van der Waals surface area contributed by atoms with Crippen molar-refractivity contribution < 1.29 is 4.79 Å². The molecule has 5 heteroatoms. The standard InChI is InChI=1S/C17H29N3OS/c1-14-5-3-8-20(12-14)9-4-7-18-17(21)19-15(2)11-16-6-10-22-13-16/h6,10,13-15H,3-5,7-9,11-12H2,1-2H3,(H2,18,19,21). The van der Waals surface area contributed by atoms with Crippen molar-refractivity contribution in [2.75, 3.05) is 26.2 Å². The summed E-state index contributed by atoms with van der Waals surface area (Å²) in [4.78, 5) is 14.4. The number of urea groups is 1. The van der Waals surface area contributed by atoms with Crippen molar-refractivity contribution in [3.63, 3.8) is 0 Å². The molecule has 0 spiro atoms. The lowest BCUT2D eigenvalue weighted by Gasteiger charge is -2.30. The van der Waals surface area contributed by atoms with Crippen LogP contribution in [0, 0.1) is 5.92 Å². The van der Waals surface area contributed by atoms with Crippen LogP contribution in [0.5, 0.6) is 0 Å². The molecule has 22 heavy (non-hydrogen) atoms. The van der Waals surface area contributed by atoms with Crippen molar-refractivity contribution in [3.8, 4) is 0 Å². The molecule has 0 radical (unpaired) electrons. The first-order chi connectivity index (χ1) is 10.6. The Morgan fingerprint density at radius 2 is 2.41 bits per heavy atom. The monoisotopic (exact) mass is 323 g/mol. The summed E-state index contributed by atoms with van der Waals surface area (Å²) in [5, 5.41) is 10.2. The number of amides is 2. The van der Waals surface area contributed by atoms with E-state index in [1.807, 2.05) is 6.92 Å². The van der Waals surface area contributed by atoms with E-state index in [1.165, 1.54) is 31.5 Å². The molecule has 124 valence electrons. The van der Waals surface area contributed by atoms with E-state index in [4.69, 9.17) is 0 Å². The molecule has 2 rings (SSSR count). The number of nitrogens with one attached hydrogen (secondary N) is 2. The second-order valence-corrected chi connectivity index (χ2v) is 7.32. The van der Waals surface area contributed by atoms with Gasteiger partial charge in [-0.2, -0.15) is 11.3 Å². The lowest BCUT2D eigenvalue weighted by molar-refractivity contribution is 0.181. The van der Waals surface area contributed by atoms with Gasteiger partial charge in [0.2, 0.25) is 0 Å². The zero-order chi connectivity index (χ0) is 15.8. The number of thiophene rings is 1. The van der Waals surface area contributed by atoms with E-state index in [0.717, 1.165) is 31.8 Å². The Hall–Kier alpha value is -1.07. The first-order valence-electron chi connectivity index (χ1n) is 8.41. The number of likely N-dealkylation sites (tertiary alicyclic amines) is 1. The summed E-state index contributed by atoms with van der Waals surface area (Å²) in [6.07, 6.45) is 4.59. The van der Waals surface area contributed by atoms with Gasteiger partial charge in [-0.1, -0.05) is 6.92 Å². The largest absolute Gasteiger partial charge is 0.338 e. The summed E-state index contributed by atoms with van der Waals surface area (Å²) in [5.74, 6) is 0.822. The molecule has 1 aliphatic heterocycles. The fourth-order valence-electron chi connectivity index (χ4n) is 3.08. The van der Waals surface area contributed by atoms with Gasteiger partial charge in [0.15, 0.2) is 0 Å². The molecule has 0 saturated carbocycles. The van der Waals surface area contributed by atoms with Crippen LogP contribution in [0.1, 0.15) is 38.7 Å². The van der Waals surface area contributed by atoms with Crippen molar-refractivity contribution >= 4 is 17.4 Å². The maximum absolute atomic E-state index is 11.9. The highest BCUT2D eigenvalue weighted by molar-refractivity contribution is 7.07. The normalized spacial score (nSPS) is 20.5. The van der Waals surface area contributed by atoms with E-state index in [2.05, 4.69) is 39.3 Å². The van der Waals surface area contributed by atoms with Gasteiger partial charge in [-0.25, -0.2) is 4.79 Å². The summed E-state index contributed by atoms with van der Waals surface area (Å²) < 4.78 is 0. The summed E-state index contributed by atoms with van der Waals surface area (Å²) in [6, 6.07) is 2.23. The lowest BCUT2D eigenvalue weighted by atomic mass is 10.0. The molecular weight excluding hydrogens is 294 g/mol. The molecule has 0 aliphatic carbocycles. The van der Waals surface area contributed by atoms with Crippen molar-refractivity contribution in [2.24, 2.45) is 5.92 Å². The zero-order valence-electron chi connectivity index (χ0n) is 13.8. The number of hydrogen-bond donors (Lipinski definition) is 2. The van der Waals surface area contributed by atoms with Gasteiger partial charge in [0.1, 0.15) is 0 Å². The summed E-state index contributed by atoms with van der Waals surface area (Å²) in [7, 11) is 0. The quantitative estimate of drug-likeness (QED) is 0.757. The molecule has 1 aliphatic rings. The summed E-state index contributed by atoms with van der Waals surface area (Å²) >= 11 is 1.70. The van der Waals surface area contributed by atoms with E-state index in [0.29, 0.717) is 0 Å². The van der Waals surface area contributed by atoms with Crippen molar-refractivity contribution in [1.29, 1.82) is 0 Å². The fraction of sp³-hybridized carbons (Fsp3) is 0.706. The minimum atomic E-state index is -0.0465. The lowest BCUT2D eigenvalue weighted by Crippen LogP contribution is -2.43.